The topological polar surface area (TPSA) is 67.4 Å². The van der Waals surface area contributed by atoms with Gasteiger partial charge >= 0.3 is 6.09 Å². The van der Waals surface area contributed by atoms with Crippen LogP contribution in [0.2, 0.25) is 0 Å². The largest absolute Gasteiger partial charge is 0.444 e. The predicted octanol–water partition coefficient (Wildman–Crippen LogP) is 2.18. The zero-order chi connectivity index (χ0) is 16.0. The summed E-state index contributed by atoms with van der Waals surface area (Å²) in [6.07, 6.45) is 5.31. The molecule has 1 rings (SSSR count). The lowest BCUT2D eigenvalue weighted by Gasteiger charge is -2.22. The third kappa shape index (κ3) is 7.81. The van der Waals surface area contributed by atoms with Gasteiger partial charge in [0.15, 0.2) is 0 Å². The van der Waals surface area contributed by atoms with Crippen LogP contribution in [-0.2, 0) is 15.5 Å². The van der Waals surface area contributed by atoms with E-state index in [-0.39, 0.29) is 17.4 Å². The summed E-state index contributed by atoms with van der Waals surface area (Å²) in [6.45, 7) is 8.49. The summed E-state index contributed by atoms with van der Waals surface area (Å²) >= 11 is 0. The molecule has 0 aromatic carbocycles. The lowest BCUT2D eigenvalue weighted by atomic mass is 10.2. The highest BCUT2D eigenvalue weighted by Gasteiger charge is 2.27. The molecule has 0 aromatic rings. The van der Waals surface area contributed by atoms with Gasteiger partial charge in [-0.1, -0.05) is 6.92 Å². The zero-order valence-corrected chi connectivity index (χ0v) is 14.7. The van der Waals surface area contributed by atoms with Crippen LogP contribution < -0.4 is 10.6 Å². The monoisotopic (exact) mass is 318 g/mol. The smallest absolute Gasteiger partial charge is 0.407 e. The Labute approximate surface area is 131 Å². The van der Waals surface area contributed by atoms with Gasteiger partial charge in [-0.2, -0.15) is 0 Å². The van der Waals surface area contributed by atoms with E-state index in [0.29, 0.717) is 6.04 Å². The first kappa shape index (κ1) is 18.4. The molecule has 21 heavy (non-hydrogen) atoms. The normalized spacial score (nSPS) is 25.4. The Bertz CT molecular complexity index is 368. The van der Waals surface area contributed by atoms with Gasteiger partial charge in [0.1, 0.15) is 5.60 Å². The van der Waals surface area contributed by atoms with E-state index in [4.69, 9.17) is 4.74 Å². The van der Waals surface area contributed by atoms with E-state index in [9.17, 15) is 9.00 Å². The lowest BCUT2D eigenvalue weighted by Crippen LogP contribution is -2.39. The molecular weight excluding hydrogens is 288 g/mol. The number of carbonyl (C=O) groups is 1. The van der Waals surface area contributed by atoms with Gasteiger partial charge in [0, 0.05) is 34.4 Å². The minimum Gasteiger partial charge on any atom is -0.444 e. The fraction of sp³-hybridized carbons (Fsp3) is 0.933. The first-order valence-electron chi connectivity index (χ1n) is 7.72. The first-order valence-corrected chi connectivity index (χ1v) is 9.34. The fourth-order valence-electron chi connectivity index (χ4n) is 2.43. The number of carbonyl (C=O) groups excluding carboxylic acids is 1. The quantitative estimate of drug-likeness (QED) is 0.788. The van der Waals surface area contributed by atoms with Crippen molar-refractivity contribution in [3.8, 4) is 0 Å². The molecule has 1 fully saturated rings. The summed E-state index contributed by atoms with van der Waals surface area (Å²) in [5.74, 6) is 0. The second-order valence-corrected chi connectivity index (χ2v) is 8.71. The van der Waals surface area contributed by atoms with Gasteiger partial charge in [-0.3, -0.25) is 4.21 Å². The summed E-state index contributed by atoms with van der Waals surface area (Å²) in [4.78, 5) is 11.7. The molecule has 0 aromatic heterocycles. The summed E-state index contributed by atoms with van der Waals surface area (Å²) < 4.78 is 16.5. The van der Waals surface area contributed by atoms with Crippen LogP contribution in [0.5, 0.6) is 0 Å². The van der Waals surface area contributed by atoms with Crippen molar-refractivity contribution in [1.82, 2.24) is 10.6 Å². The number of hydrogen-bond donors (Lipinski definition) is 2. The predicted molar refractivity (Wildman–Crippen MR) is 86.9 cm³/mol. The van der Waals surface area contributed by atoms with Crippen LogP contribution in [0.3, 0.4) is 0 Å². The van der Waals surface area contributed by atoms with E-state index in [1.54, 1.807) is 6.26 Å². The van der Waals surface area contributed by atoms with Crippen molar-refractivity contribution < 1.29 is 13.7 Å². The van der Waals surface area contributed by atoms with E-state index >= 15 is 0 Å². The molecule has 5 nitrogen and oxygen atoms in total. The molecule has 0 heterocycles. The SMILES string of the molecule is CC(CCNC1CCC(NC(=O)OC(C)(C)C)C1)S(C)=O. The number of ether oxygens (including phenoxy) is 1. The lowest BCUT2D eigenvalue weighted by molar-refractivity contribution is 0.0505. The van der Waals surface area contributed by atoms with Crippen LogP contribution in [-0.4, -0.2) is 46.0 Å². The minimum absolute atomic E-state index is 0.190. The molecule has 1 aliphatic rings. The van der Waals surface area contributed by atoms with E-state index in [1.807, 2.05) is 27.7 Å². The van der Waals surface area contributed by atoms with Crippen molar-refractivity contribution in [2.75, 3.05) is 12.8 Å². The van der Waals surface area contributed by atoms with Crippen molar-refractivity contribution in [1.29, 1.82) is 0 Å². The summed E-state index contributed by atoms with van der Waals surface area (Å²) in [6, 6.07) is 0.623. The van der Waals surface area contributed by atoms with E-state index in [2.05, 4.69) is 10.6 Å². The maximum Gasteiger partial charge on any atom is 0.407 e. The molecule has 0 bridgehead atoms. The van der Waals surface area contributed by atoms with Gasteiger partial charge < -0.3 is 15.4 Å². The molecule has 0 radical (unpaired) electrons. The Morgan fingerprint density at radius 1 is 1.33 bits per heavy atom. The third-order valence-corrected chi connectivity index (χ3v) is 5.07. The third-order valence-electron chi connectivity index (χ3n) is 3.70. The number of nitrogens with one attached hydrogen (secondary N) is 2. The molecule has 6 heteroatoms. The number of rotatable bonds is 6. The van der Waals surface area contributed by atoms with Gasteiger partial charge in [-0.15, -0.1) is 0 Å². The molecule has 1 amide bonds. The van der Waals surface area contributed by atoms with Crippen molar-refractivity contribution in [2.45, 2.75) is 76.3 Å². The highest BCUT2D eigenvalue weighted by molar-refractivity contribution is 7.84. The van der Waals surface area contributed by atoms with E-state index in [0.717, 1.165) is 32.2 Å². The first-order chi connectivity index (χ1) is 9.67. The molecule has 1 aliphatic carbocycles. The Morgan fingerprint density at radius 2 is 1.95 bits per heavy atom. The van der Waals surface area contributed by atoms with E-state index in [1.165, 1.54) is 0 Å². The average Bonchev–Trinajstić information content (AvgIpc) is 2.73. The van der Waals surface area contributed by atoms with Crippen molar-refractivity contribution in [3.05, 3.63) is 0 Å². The van der Waals surface area contributed by atoms with Crippen LogP contribution in [0.1, 0.15) is 53.4 Å². The Balaban J connectivity index is 2.20. The van der Waals surface area contributed by atoms with Crippen LogP contribution in [0.4, 0.5) is 4.79 Å². The second kappa shape index (κ2) is 8.13. The van der Waals surface area contributed by atoms with Gasteiger partial charge in [-0.25, -0.2) is 4.79 Å². The molecule has 2 N–H and O–H groups in total. The number of amides is 1. The average molecular weight is 318 g/mol. The second-order valence-electron chi connectivity index (χ2n) is 6.91. The van der Waals surface area contributed by atoms with E-state index < -0.39 is 16.4 Å². The van der Waals surface area contributed by atoms with Crippen molar-refractivity contribution in [2.24, 2.45) is 0 Å². The molecule has 0 spiro atoms. The zero-order valence-electron chi connectivity index (χ0n) is 13.9. The summed E-state index contributed by atoms with van der Waals surface area (Å²) in [7, 11) is -0.751. The van der Waals surface area contributed by atoms with Crippen LogP contribution in [0, 0.1) is 0 Å². The number of alkyl carbamates (subject to hydrolysis) is 1. The van der Waals surface area contributed by atoms with Crippen molar-refractivity contribution in [3.63, 3.8) is 0 Å². The Morgan fingerprint density at radius 3 is 2.52 bits per heavy atom. The summed E-state index contributed by atoms with van der Waals surface area (Å²) in [5, 5.41) is 6.66. The molecule has 4 atom stereocenters. The highest BCUT2D eigenvalue weighted by Crippen LogP contribution is 2.20. The Kier molecular flexibility index (Phi) is 7.13. The molecule has 124 valence electrons. The van der Waals surface area contributed by atoms with Gasteiger partial charge in [-0.05, 0) is 53.0 Å². The standard InChI is InChI=1S/C15H30N2O3S/c1-11(21(5)19)8-9-16-12-6-7-13(10-12)17-14(18)20-15(2,3)4/h11-13,16H,6-10H2,1-5H3,(H,17,18). The van der Waals surface area contributed by atoms with Crippen LogP contribution >= 0.6 is 0 Å². The molecule has 4 unspecified atom stereocenters. The molecular formula is C15H30N2O3S. The maximum absolute atomic E-state index is 11.7. The highest BCUT2D eigenvalue weighted by atomic mass is 32.2. The number of hydrogen-bond acceptors (Lipinski definition) is 4. The Hall–Kier alpha value is -0.620. The van der Waals surface area contributed by atoms with Crippen molar-refractivity contribution >= 4 is 16.9 Å². The van der Waals surface area contributed by atoms with Gasteiger partial charge in [0.25, 0.3) is 0 Å². The van der Waals surface area contributed by atoms with Crippen LogP contribution in [0.25, 0.3) is 0 Å². The summed E-state index contributed by atoms with van der Waals surface area (Å²) in [5.41, 5.74) is -0.452. The maximum atomic E-state index is 11.7. The van der Waals surface area contributed by atoms with Gasteiger partial charge in [0.2, 0.25) is 0 Å². The minimum atomic E-state index is -0.751. The fourth-order valence-corrected chi connectivity index (χ4v) is 2.88. The van der Waals surface area contributed by atoms with Gasteiger partial charge in [0.05, 0.1) is 0 Å². The molecule has 1 saturated carbocycles. The van der Waals surface area contributed by atoms with Crippen LogP contribution in [0.15, 0.2) is 0 Å². The molecule has 0 aliphatic heterocycles. The molecule has 0 saturated heterocycles.